The van der Waals surface area contributed by atoms with E-state index in [0.29, 0.717) is 21.9 Å². The van der Waals surface area contributed by atoms with Gasteiger partial charge in [0.15, 0.2) is 11.6 Å². The van der Waals surface area contributed by atoms with Gasteiger partial charge in [0.25, 0.3) is 11.8 Å². The van der Waals surface area contributed by atoms with E-state index in [0.717, 1.165) is 11.3 Å². The van der Waals surface area contributed by atoms with Gasteiger partial charge in [0.2, 0.25) is 6.10 Å². The minimum absolute atomic E-state index is 0.147. The fourth-order valence-corrected chi connectivity index (χ4v) is 3.96. The summed E-state index contributed by atoms with van der Waals surface area (Å²) in [5, 5.41) is 9.46. The maximum absolute atomic E-state index is 13.0. The van der Waals surface area contributed by atoms with E-state index in [1.54, 1.807) is 62.4 Å². The topological polar surface area (TPSA) is 124 Å². The molecule has 168 valence electrons. The van der Waals surface area contributed by atoms with E-state index >= 15 is 0 Å². The molecule has 1 aromatic carbocycles. The van der Waals surface area contributed by atoms with Crippen molar-refractivity contribution < 1.29 is 28.1 Å². The van der Waals surface area contributed by atoms with Gasteiger partial charge in [-0.15, -0.1) is 11.3 Å². The molecule has 0 aliphatic heterocycles. The van der Waals surface area contributed by atoms with Crippen LogP contribution in [0.2, 0.25) is 0 Å². The van der Waals surface area contributed by atoms with Crippen LogP contribution >= 0.6 is 11.3 Å². The lowest BCUT2D eigenvalue weighted by Crippen LogP contribution is -2.26. The van der Waals surface area contributed by atoms with Crippen molar-refractivity contribution in [2.24, 2.45) is 0 Å². The number of carbonyl (C=O) groups is 3. The average Bonchev–Trinajstić information content (AvgIpc) is 3.54. The van der Waals surface area contributed by atoms with E-state index in [1.807, 2.05) is 0 Å². The molecule has 10 heteroatoms. The summed E-state index contributed by atoms with van der Waals surface area (Å²) in [5.74, 6) is -0.832. The van der Waals surface area contributed by atoms with Crippen LogP contribution in [0.4, 0.5) is 10.8 Å². The number of furan rings is 1. The van der Waals surface area contributed by atoms with E-state index in [9.17, 15) is 14.4 Å². The number of nitrogens with zero attached hydrogens (tertiary/aromatic N) is 1. The summed E-state index contributed by atoms with van der Waals surface area (Å²) in [4.78, 5) is 38.4. The Morgan fingerprint density at radius 3 is 2.48 bits per heavy atom. The van der Waals surface area contributed by atoms with Crippen LogP contribution in [-0.4, -0.2) is 22.9 Å². The molecular weight excluding hydrogens is 446 g/mol. The zero-order valence-corrected chi connectivity index (χ0v) is 18.5. The number of esters is 1. The largest absolute Gasteiger partial charge is 0.459 e. The van der Waals surface area contributed by atoms with Crippen LogP contribution in [0, 0.1) is 13.8 Å². The zero-order chi connectivity index (χ0) is 23.4. The number of hydrogen-bond donors (Lipinski definition) is 2. The molecule has 9 nitrogen and oxygen atoms in total. The molecule has 4 aromatic rings. The highest BCUT2D eigenvalue weighted by Gasteiger charge is 2.28. The second kappa shape index (κ2) is 9.53. The molecule has 0 aliphatic rings. The Morgan fingerprint density at radius 2 is 1.82 bits per heavy atom. The molecule has 0 fully saturated rings. The zero-order valence-electron chi connectivity index (χ0n) is 17.7. The fraction of sp³-hybridized carbons (Fsp3) is 0.130. The number of ether oxygens (including phenoxy) is 1. The number of carbonyl (C=O) groups excluding carboxylic acids is 3. The number of hydrogen-bond acceptors (Lipinski definition) is 8. The Hall–Kier alpha value is -4.18. The predicted molar refractivity (Wildman–Crippen MR) is 120 cm³/mol. The van der Waals surface area contributed by atoms with Crippen LogP contribution in [0.25, 0.3) is 0 Å². The lowest BCUT2D eigenvalue weighted by Gasteiger charge is -2.17. The molecular formula is C23H19N3O6S. The summed E-state index contributed by atoms with van der Waals surface area (Å²) in [7, 11) is 0. The fourth-order valence-electron chi connectivity index (χ4n) is 3.01. The van der Waals surface area contributed by atoms with Crippen LogP contribution < -0.4 is 10.6 Å². The minimum atomic E-state index is -1.22. The number of amides is 2. The van der Waals surface area contributed by atoms with Gasteiger partial charge in [-0.25, -0.2) is 4.79 Å². The number of benzene rings is 1. The molecule has 0 spiro atoms. The van der Waals surface area contributed by atoms with Crippen LogP contribution in [0.3, 0.4) is 0 Å². The predicted octanol–water partition coefficient (Wildman–Crippen LogP) is 4.74. The maximum atomic E-state index is 13.0. The Bertz CT molecular complexity index is 1280. The Labute approximate surface area is 192 Å². The van der Waals surface area contributed by atoms with Crippen LogP contribution in [0.5, 0.6) is 0 Å². The Kier molecular flexibility index (Phi) is 6.36. The first-order valence-corrected chi connectivity index (χ1v) is 10.7. The molecule has 2 N–H and O–H groups in total. The summed E-state index contributed by atoms with van der Waals surface area (Å²) < 4.78 is 15.6. The van der Waals surface area contributed by atoms with E-state index in [-0.39, 0.29) is 16.5 Å². The van der Waals surface area contributed by atoms with Crippen molar-refractivity contribution in [2.45, 2.75) is 20.0 Å². The van der Waals surface area contributed by atoms with Gasteiger partial charge in [-0.2, -0.15) is 0 Å². The van der Waals surface area contributed by atoms with Gasteiger partial charge in [0.05, 0.1) is 11.3 Å². The van der Waals surface area contributed by atoms with Crippen molar-refractivity contribution in [2.75, 3.05) is 10.6 Å². The van der Waals surface area contributed by atoms with Gasteiger partial charge < -0.3 is 24.3 Å². The van der Waals surface area contributed by atoms with Crippen molar-refractivity contribution in [1.82, 2.24) is 5.16 Å². The molecule has 0 saturated heterocycles. The number of rotatable bonds is 7. The van der Waals surface area contributed by atoms with E-state index < -0.39 is 23.9 Å². The smallest absolute Gasteiger partial charge is 0.349 e. The minimum Gasteiger partial charge on any atom is -0.459 e. The second-order valence-corrected chi connectivity index (χ2v) is 8.11. The monoisotopic (exact) mass is 465 g/mol. The lowest BCUT2D eigenvalue weighted by molar-refractivity contribution is -0.125. The van der Waals surface area contributed by atoms with Crippen LogP contribution in [0.1, 0.15) is 43.2 Å². The summed E-state index contributed by atoms with van der Waals surface area (Å²) in [6, 6.07) is 15.0. The second-order valence-electron chi connectivity index (χ2n) is 7.06. The first-order chi connectivity index (χ1) is 15.9. The van der Waals surface area contributed by atoms with Gasteiger partial charge in [-0.3, -0.25) is 9.59 Å². The number of aryl methyl sites for hydroxylation is 2. The van der Waals surface area contributed by atoms with Crippen molar-refractivity contribution in [3.63, 3.8) is 0 Å². The summed E-state index contributed by atoms with van der Waals surface area (Å²) >= 11 is 1.04. The molecule has 4 rings (SSSR count). The maximum Gasteiger partial charge on any atom is 0.349 e. The van der Waals surface area contributed by atoms with Crippen molar-refractivity contribution in [3.05, 3.63) is 88.4 Å². The highest BCUT2D eigenvalue weighted by atomic mass is 32.1. The molecule has 1 unspecified atom stereocenters. The van der Waals surface area contributed by atoms with Crippen LogP contribution in [0.15, 0.2) is 69.8 Å². The number of thiophene rings is 1. The molecule has 0 bridgehead atoms. The lowest BCUT2D eigenvalue weighted by atomic mass is 10.1. The summed E-state index contributed by atoms with van der Waals surface area (Å²) in [6.45, 7) is 3.41. The Morgan fingerprint density at radius 1 is 1.03 bits per heavy atom. The van der Waals surface area contributed by atoms with Crippen molar-refractivity contribution in [1.29, 1.82) is 0 Å². The quantitative estimate of drug-likeness (QED) is 0.378. The number of nitrogens with one attached hydrogen (secondary N) is 2. The van der Waals surface area contributed by atoms with Crippen LogP contribution in [-0.2, 0) is 9.53 Å². The summed E-state index contributed by atoms with van der Waals surface area (Å²) in [6.07, 6.45) is 0.172. The number of aromatic nitrogens is 1. The Balaban J connectivity index is 1.52. The molecule has 3 aromatic heterocycles. The molecule has 33 heavy (non-hydrogen) atoms. The van der Waals surface area contributed by atoms with E-state index in [4.69, 9.17) is 13.7 Å². The molecule has 2 amide bonds. The molecule has 3 heterocycles. The standard InChI is InChI=1S/C23H19N3O6S/c1-13-11-18(25-21(27)16-9-6-10-30-16)33-20(13)23(29)31-19(15-7-4-3-5-8-15)22(28)24-17-12-14(2)32-26-17/h3-12,19H,1-2H3,(H,25,27)(H,24,26,28). The van der Waals surface area contributed by atoms with Crippen molar-refractivity contribution in [3.8, 4) is 0 Å². The first kappa shape index (κ1) is 22.0. The van der Waals surface area contributed by atoms with E-state index in [1.165, 1.54) is 12.3 Å². The van der Waals surface area contributed by atoms with E-state index in [2.05, 4.69) is 15.8 Å². The molecule has 0 radical (unpaired) electrons. The van der Waals surface area contributed by atoms with Crippen molar-refractivity contribution >= 4 is 39.9 Å². The number of anilines is 2. The average molecular weight is 465 g/mol. The van der Waals surface area contributed by atoms with Gasteiger partial charge >= 0.3 is 5.97 Å². The van der Waals surface area contributed by atoms with Gasteiger partial charge in [-0.05, 0) is 37.6 Å². The SMILES string of the molecule is Cc1cc(NC(=O)C(OC(=O)c2sc(NC(=O)c3ccco3)cc2C)c2ccccc2)no1. The van der Waals surface area contributed by atoms with Gasteiger partial charge in [0, 0.05) is 11.6 Å². The normalized spacial score (nSPS) is 11.6. The first-order valence-electron chi connectivity index (χ1n) is 9.86. The van der Waals surface area contributed by atoms with Gasteiger partial charge in [-0.1, -0.05) is 35.5 Å². The molecule has 1 atom stereocenters. The third-order valence-corrected chi connectivity index (χ3v) is 5.66. The third kappa shape index (κ3) is 5.18. The molecule has 0 aliphatic carbocycles. The van der Waals surface area contributed by atoms with Gasteiger partial charge in [0.1, 0.15) is 10.6 Å². The highest BCUT2D eigenvalue weighted by Crippen LogP contribution is 2.30. The molecule has 0 saturated carbocycles. The highest BCUT2D eigenvalue weighted by molar-refractivity contribution is 7.18. The third-order valence-electron chi connectivity index (χ3n) is 4.53. The summed E-state index contributed by atoms with van der Waals surface area (Å²) in [5.41, 5.74) is 1.09.